The minimum absolute atomic E-state index is 0.155. The van der Waals surface area contributed by atoms with Crippen LogP contribution >= 0.6 is 0 Å². The molecular weight excluding hydrogens is 640 g/mol. The summed E-state index contributed by atoms with van der Waals surface area (Å²) in [6, 6.07) is 12.0. The second kappa shape index (κ2) is 16.7. The van der Waals surface area contributed by atoms with E-state index in [4.69, 9.17) is 0 Å². The van der Waals surface area contributed by atoms with Crippen molar-refractivity contribution in [2.45, 2.75) is 51.1 Å². The molecule has 1 aliphatic heterocycles. The van der Waals surface area contributed by atoms with E-state index in [1.807, 2.05) is 6.92 Å². The summed E-state index contributed by atoms with van der Waals surface area (Å²) in [4.78, 5) is 22.9. The number of nitrogens with two attached hydrogens (primary N) is 1. The number of piperazine rings is 1. The van der Waals surface area contributed by atoms with Crippen LogP contribution in [0, 0.1) is 29.2 Å². The molecule has 256 valence electrons. The molecule has 2 amide bonds. The summed E-state index contributed by atoms with van der Waals surface area (Å²) in [6.07, 6.45) is 1.52. The Morgan fingerprint density at radius 1 is 0.979 bits per heavy atom. The number of benzene rings is 3. The van der Waals surface area contributed by atoms with Crippen LogP contribution in [0.4, 0.5) is 28.0 Å². The zero-order valence-corrected chi connectivity index (χ0v) is 27.4. The first kappa shape index (κ1) is 37.4. The maximum atomic E-state index is 15.1. The SMILES string of the molecule is CC[C@@H]1CNC[C@H](CCc2c(F)cccc2NC(=O)[C@@H](C)[C@@H](c2ccc(F)cc2)c2cc(F)cc(F)c2)N1S(C)(=O)=O.COC(N)=O. The van der Waals surface area contributed by atoms with Gasteiger partial charge in [0, 0.05) is 54.3 Å². The standard InChI is InChI=1S/C31H35F4N3O3S.C2H5NO2/c1-4-25-17-36-18-26(38(25)42(3,40)41)12-13-27-28(35)6-5-7-29(27)37-31(39)19(2)30(20-8-10-22(32)11-9-20)21-14-23(33)16-24(34)15-21;1-5-2(3)4/h5-11,14-16,19,25-26,30,36H,4,12-13,17-18H2,1-3H3,(H,37,39);1H3,(H2,3,4)/t19-,25+,26-,30-;/m0./s1. The summed E-state index contributed by atoms with van der Waals surface area (Å²) in [6.45, 7) is 4.44. The summed E-state index contributed by atoms with van der Waals surface area (Å²) in [5.41, 5.74) is 5.54. The lowest BCUT2D eigenvalue weighted by molar-refractivity contribution is -0.119. The highest BCUT2D eigenvalue weighted by Crippen LogP contribution is 2.35. The summed E-state index contributed by atoms with van der Waals surface area (Å²) in [7, 11) is -2.28. The third-order valence-electron chi connectivity index (χ3n) is 8.03. The Morgan fingerprint density at radius 3 is 2.13 bits per heavy atom. The minimum Gasteiger partial charge on any atom is -0.453 e. The van der Waals surface area contributed by atoms with Crippen LogP contribution in [0.15, 0.2) is 60.7 Å². The van der Waals surface area contributed by atoms with Crippen LogP contribution in [0.3, 0.4) is 0 Å². The average Bonchev–Trinajstić information content (AvgIpc) is 3.00. The van der Waals surface area contributed by atoms with Crippen LogP contribution in [-0.4, -0.2) is 63.3 Å². The number of rotatable bonds is 10. The maximum absolute atomic E-state index is 15.1. The zero-order valence-electron chi connectivity index (χ0n) is 26.6. The van der Waals surface area contributed by atoms with Gasteiger partial charge in [0.15, 0.2) is 0 Å². The number of nitrogens with one attached hydrogen (secondary N) is 2. The molecule has 3 aromatic rings. The number of methoxy groups -OCH3 is 1. The first-order valence-corrected chi connectivity index (χ1v) is 16.8. The molecule has 47 heavy (non-hydrogen) atoms. The van der Waals surface area contributed by atoms with E-state index in [0.29, 0.717) is 31.5 Å². The summed E-state index contributed by atoms with van der Waals surface area (Å²) in [5.74, 6) is -4.96. The number of sulfonamides is 1. The third-order valence-corrected chi connectivity index (χ3v) is 9.39. The van der Waals surface area contributed by atoms with Crippen molar-refractivity contribution in [2.24, 2.45) is 11.7 Å². The smallest absolute Gasteiger partial charge is 0.404 e. The Labute approximate surface area is 272 Å². The van der Waals surface area contributed by atoms with E-state index in [2.05, 4.69) is 21.1 Å². The van der Waals surface area contributed by atoms with Crippen molar-refractivity contribution in [3.63, 3.8) is 0 Å². The lowest BCUT2D eigenvalue weighted by atomic mass is 9.81. The van der Waals surface area contributed by atoms with Gasteiger partial charge >= 0.3 is 6.09 Å². The highest BCUT2D eigenvalue weighted by Gasteiger charge is 2.36. The van der Waals surface area contributed by atoms with Gasteiger partial charge in [-0.25, -0.2) is 30.8 Å². The van der Waals surface area contributed by atoms with E-state index in [9.17, 15) is 31.2 Å². The van der Waals surface area contributed by atoms with Gasteiger partial charge < -0.3 is 21.1 Å². The lowest BCUT2D eigenvalue weighted by Gasteiger charge is -2.40. The van der Waals surface area contributed by atoms with Gasteiger partial charge in [0.25, 0.3) is 0 Å². The molecule has 1 aliphatic rings. The summed E-state index contributed by atoms with van der Waals surface area (Å²) < 4.78 is 87.7. The quantitative estimate of drug-likeness (QED) is 0.249. The van der Waals surface area contributed by atoms with E-state index in [0.717, 1.165) is 18.2 Å². The van der Waals surface area contributed by atoms with Crippen LogP contribution in [-0.2, 0) is 26.0 Å². The fraction of sp³-hybridized carbons (Fsp3) is 0.394. The second-order valence-corrected chi connectivity index (χ2v) is 13.2. The molecule has 1 fully saturated rings. The molecule has 1 heterocycles. The number of hydrogen-bond donors (Lipinski definition) is 3. The van der Waals surface area contributed by atoms with E-state index >= 15 is 4.39 Å². The van der Waals surface area contributed by atoms with Gasteiger partial charge in [-0.05, 0) is 66.8 Å². The van der Waals surface area contributed by atoms with Crippen molar-refractivity contribution >= 4 is 27.7 Å². The molecule has 0 unspecified atom stereocenters. The van der Waals surface area contributed by atoms with Crippen LogP contribution < -0.4 is 16.4 Å². The maximum Gasteiger partial charge on any atom is 0.404 e. The van der Waals surface area contributed by atoms with Crippen molar-refractivity contribution in [1.82, 2.24) is 9.62 Å². The highest BCUT2D eigenvalue weighted by atomic mass is 32.2. The number of ether oxygens (including phenoxy) is 1. The molecule has 4 rings (SSSR count). The van der Waals surface area contributed by atoms with Crippen LogP contribution in [0.5, 0.6) is 0 Å². The normalized spacial score (nSPS) is 18.0. The number of carbonyl (C=O) groups is 2. The first-order chi connectivity index (χ1) is 22.2. The molecule has 4 atom stereocenters. The van der Waals surface area contributed by atoms with Crippen molar-refractivity contribution in [3.05, 3.63) is 101 Å². The molecule has 0 spiro atoms. The fourth-order valence-corrected chi connectivity index (χ4v) is 7.31. The summed E-state index contributed by atoms with van der Waals surface area (Å²) >= 11 is 0. The predicted molar refractivity (Wildman–Crippen MR) is 171 cm³/mol. The second-order valence-electron chi connectivity index (χ2n) is 11.3. The monoisotopic (exact) mass is 680 g/mol. The Morgan fingerprint density at radius 2 is 1.57 bits per heavy atom. The van der Waals surface area contributed by atoms with E-state index in [1.165, 1.54) is 54.1 Å². The summed E-state index contributed by atoms with van der Waals surface area (Å²) in [5, 5.41) is 6.03. The van der Waals surface area contributed by atoms with Gasteiger partial charge in [-0.15, -0.1) is 0 Å². The third kappa shape index (κ3) is 10.2. The van der Waals surface area contributed by atoms with Crippen LogP contribution in [0.25, 0.3) is 0 Å². The number of nitrogens with zero attached hydrogens (tertiary/aromatic N) is 1. The molecule has 14 heteroatoms. The van der Waals surface area contributed by atoms with Gasteiger partial charge in [0.1, 0.15) is 23.3 Å². The molecule has 0 bridgehead atoms. The Balaban J connectivity index is 0.00000111. The molecule has 4 N–H and O–H groups in total. The molecule has 0 aromatic heterocycles. The topological polar surface area (TPSA) is 131 Å². The van der Waals surface area contributed by atoms with E-state index < -0.39 is 63.2 Å². The number of amides is 2. The van der Waals surface area contributed by atoms with Crippen LogP contribution in [0.2, 0.25) is 0 Å². The molecule has 0 radical (unpaired) electrons. The predicted octanol–water partition coefficient (Wildman–Crippen LogP) is 5.31. The van der Waals surface area contributed by atoms with Gasteiger partial charge in [-0.2, -0.15) is 4.31 Å². The number of halogens is 4. The van der Waals surface area contributed by atoms with Crippen molar-refractivity contribution in [2.75, 3.05) is 31.8 Å². The molecular formula is C33H40F4N4O5S. The van der Waals surface area contributed by atoms with E-state index in [-0.39, 0.29) is 29.3 Å². The zero-order chi connectivity index (χ0) is 34.9. The Kier molecular flexibility index (Phi) is 13.3. The van der Waals surface area contributed by atoms with Crippen molar-refractivity contribution < 1.29 is 40.3 Å². The van der Waals surface area contributed by atoms with Gasteiger partial charge in [-0.3, -0.25) is 4.79 Å². The number of primary amides is 1. The van der Waals surface area contributed by atoms with Crippen LogP contribution in [0.1, 0.15) is 49.3 Å². The Hall–Kier alpha value is -4.01. The number of hydrogen-bond acceptors (Lipinski definition) is 6. The minimum atomic E-state index is -3.51. The lowest BCUT2D eigenvalue weighted by Crippen LogP contribution is -2.58. The van der Waals surface area contributed by atoms with E-state index in [1.54, 1.807) is 13.0 Å². The molecule has 0 aliphatic carbocycles. The number of carbonyl (C=O) groups excluding carboxylic acids is 2. The van der Waals surface area contributed by atoms with Gasteiger partial charge in [0.05, 0.1) is 13.4 Å². The molecule has 1 saturated heterocycles. The molecule has 3 aromatic carbocycles. The molecule has 0 saturated carbocycles. The number of anilines is 1. The first-order valence-electron chi connectivity index (χ1n) is 15.0. The highest BCUT2D eigenvalue weighted by molar-refractivity contribution is 7.88. The Bertz CT molecular complexity index is 1620. The van der Waals surface area contributed by atoms with Crippen molar-refractivity contribution in [3.8, 4) is 0 Å². The van der Waals surface area contributed by atoms with Crippen molar-refractivity contribution in [1.29, 1.82) is 0 Å². The largest absolute Gasteiger partial charge is 0.453 e. The van der Waals surface area contributed by atoms with Gasteiger partial charge in [0.2, 0.25) is 15.9 Å². The fourth-order valence-electron chi connectivity index (χ4n) is 5.82. The van der Waals surface area contributed by atoms with Gasteiger partial charge in [-0.1, -0.05) is 32.0 Å². The molecule has 9 nitrogen and oxygen atoms in total. The average molecular weight is 681 g/mol.